The minimum atomic E-state index is 0.246. The normalized spacial score (nSPS) is 12.4. The van der Waals surface area contributed by atoms with Crippen molar-refractivity contribution in [2.45, 2.75) is 12.8 Å². The number of nitrogens with two attached hydrogens (primary N) is 2. The van der Waals surface area contributed by atoms with Gasteiger partial charge in [0.15, 0.2) is 0 Å². The summed E-state index contributed by atoms with van der Waals surface area (Å²) in [5.41, 5.74) is 16.1. The van der Waals surface area contributed by atoms with E-state index in [4.69, 9.17) is 11.5 Å². The zero-order chi connectivity index (χ0) is 12.3. The summed E-state index contributed by atoms with van der Waals surface area (Å²) in [7, 11) is 0. The lowest BCUT2D eigenvalue weighted by molar-refractivity contribution is 0.818. The molecule has 0 aliphatic heterocycles. The molecule has 0 bridgehead atoms. The van der Waals surface area contributed by atoms with Crippen LogP contribution in [-0.2, 0) is 0 Å². The summed E-state index contributed by atoms with van der Waals surface area (Å²) >= 11 is 0. The zero-order valence-corrected chi connectivity index (χ0v) is 10.1. The molecule has 1 atom stereocenters. The monoisotopic (exact) mass is 226 g/mol. The van der Waals surface area contributed by atoms with E-state index in [0.29, 0.717) is 6.54 Å². The first-order valence-electron chi connectivity index (χ1n) is 5.83. The first-order valence-corrected chi connectivity index (χ1v) is 5.83. The van der Waals surface area contributed by atoms with Crippen LogP contribution in [0.2, 0.25) is 0 Å². The minimum absolute atomic E-state index is 0.246. The molecule has 0 aliphatic rings. The van der Waals surface area contributed by atoms with Gasteiger partial charge in [0, 0.05) is 18.2 Å². The molecule has 0 radical (unpaired) electrons. The second-order valence-corrected chi connectivity index (χ2v) is 4.31. The average molecular weight is 226 g/mol. The molecular formula is C15H18N2. The molecule has 0 unspecified atom stereocenters. The van der Waals surface area contributed by atoms with E-state index in [2.05, 4.69) is 24.3 Å². The van der Waals surface area contributed by atoms with Crippen molar-refractivity contribution in [1.82, 2.24) is 0 Å². The Labute approximate surface area is 102 Å². The Morgan fingerprint density at radius 1 is 1.00 bits per heavy atom. The summed E-state index contributed by atoms with van der Waals surface area (Å²) in [6.07, 6.45) is 0. The number of nitrogen functional groups attached to an aromatic ring is 1. The van der Waals surface area contributed by atoms with Gasteiger partial charge in [0.2, 0.25) is 0 Å². The maximum Gasteiger partial charge on any atom is 0.0343 e. The number of rotatable bonds is 3. The van der Waals surface area contributed by atoms with Gasteiger partial charge in [-0.1, -0.05) is 42.5 Å². The van der Waals surface area contributed by atoms with Crippen molar-refractivity contribution in [2.24, 2.45) is 5.73 Å². The van der Waals surface area contributed by atoms with Gasteiger partial charge in [-0.15, -0.1) is 0 Å². The van der Waals surface area contributed by atoms with E-state index in [0.717, 1.165) is 11.3 Å². The molecule has 0 aliphatic carbocycles. The van der Waals surface area contributed by atoms with Gasteiger partial charge in [-0.25, -0.2) is 0 Å². The van der Waals surface area contributed by atoms with Crippen LogP contribution in [0.4, 0.5) is 5.69 Å². The van der Waals surface area contributed by atoms with Crippen molar-refractivity contribution in [3.05, 3.63) is 65.2 Å². The van der Waals surface area contributed by atoms with Gasteiger partial charge in [0.25, 0.3) is 0 Å². The molecule has 0 saturated carbocycles. The van der Waals surface area contributed by atoms with E-state index < -0.39 is 0 Å². The van der Waals surface area contributed by atoms with E-state index in [-0.39, 0.29) is 5.92 Å². The van der Waals surface area contributed by atoms with E-state index in [1.165, 1.54) is 11.1 Å². The smallest absolute Gasteiger partial charge is 0.0343 e. The number of hydrogen-bond acceptors (Lipinski definition) is 2. The predicted molar refractivity (Wildman–Crippen MR) is 72.9 cm³/mol. The highest BCUT2D eigenvalue weighted by molar-refractivity contribution is 5.49. The molecule has 2 nitrogen and oxygen atoms in total. The summed E-state index contributed by atoms with van der Waals surface area (Å²) in [4.78, 5) is 0. The zero-order valence-electron chi connectivity index (χ0n) is 10.1. The molecule has 0 spiro atoms. The van der Waals surface area contributed by atoms with Crippen LogP contribution in [0.25, 0.3) is 0 Å². The van der Waals surface area contributed by atoms with Gasteiger partial charge in [-0.05, 0) is 29.7 Å². The number of benzene rings is 2. The summed E-state index contributed by atoms with van der Waals surface area (Å²) in [6.45, 7) is 2.63. The van der Waals surface area contributed by atoms with Crippen LogP contribution in [-0.4, -0.2) is 6.54 Å². The van der Waals surface area contributed by atoms with Gasteiger partial charge in [-0.2, -0.15) is 0 Å². The highest BCUT2D eigenvalue weighted by atomic mass is 14.6. The quantitative estimate of drug-likeness (QED) is 0.790. The van der Waals surface area contributed by atoms with E-state index in [9.17, 15) is 0 Å². The Hall–Kier alpha value is -1.80. The van der Waals surface area contributed by atoms with Crippen molar-refractivity contribution in [2.75, 3.05) is 12.3 Å². The first-order chi connectivity index (χ1) is 8.22. The molecule has 0 saturated heterocycles. The summed E-state index contributed by atoms with van der Waals surface area (Å²) in [5, 5.41) is 0. The third-order valence-electron chi connectivity index (χ3n) is 3.13. The van der Waals surface area contributed by atoms with Crippen molar-refractivity contribution in [1.29, 1.82) is 0 Å². The Morgan fingerprint density at radius 3 is 2.29 bits per heavy atom. The second-order valence-electron chi connectivity index (χ2n) is 4.31. The van der Waals surface area contributed by atoms with Gasteiger partial charge in [0.05, 0.1) is 0 Å². The molecule has 2 aromatic carbocycles. The maximum atomic E-state index is 5.89. The number of anilines is 1. The summed E-state index contributed by atoms with van der Waals surface area (Å²) in [5.74, 6) is 0.246. The fourth-order valence-electron chi connectivity index (χ4n) is 2.07. The average Bonchev–Trinajstić information content (AvgIpc) is 2.36. The molecule has 88 valence electrons. The maximum absolute atomic E-state index is 5.89. The third kappa shape index (κ3) is 2.48. The lowest BCUT2D eigenvalue weighted by Crippen LogP contribution is -2.14. The molecule has 0 heterocycles. The summed E-state index contributed by atoms with van der Waals surface area (Å²) < 4.78 is 0. The highest BCUT2D eigenvalue weighted by Crippen LogP contribution is 2.25. The third-order valence-corrected chi connectivity index (χ3v) is 3.13. The number of aryl methyl sites for hydroxylation is 1. The fourth-order valence-corrected chi connectivity index (χ4v) is 2.07. The second kappa shape index (κ2) is 5.02. The lowest BCUT2D eigenvalue weighted by Gasteiger charge is -2.17. The van der Waals surface area contributed by atoms with E-state index in [1.807, 2.05) is 31.2 Å². The molecule has 2 heteroatoms. The van der Waals surface area contributed by atoms with Gasteiger partial charge in [-0.3, -0.25) is 0 Å². The Morgan fingerprint density at radius 2 is 1.71 bits per heavy atom. The Bertz CT molecular complexity index is 492. The standard InChI is InChI=1S/C15H18N2/c1-11-9-13(7-8-15(11)17)14(10-16)12-5-3-2-4-6-12/h2-9,14H,10,16-17H2,1H3/t14-/m1/s1. The molecule has 4 N–H and O–H groups in total. The van der Waals surface area contributed by atoms with Crippen LogP contribution >= 0.6 is 0 Å². The molecular weight excluding hydrogens is 208 g/mol. The summed E-state index contributed by atoms with van der Waals surface area (Å²) in [6, 6.07) is 16.5. The molecule has 0 amide bonds. The number of hydrogen-bond donors (Lipinski definition) is 2. The fraction of sp³-hybridized carbons (Fsp3) is 0.200. The van der Waals surface area contributed by atoms with Crippen molar-refractivity contribution < 1.29 is 0 Å². The Balaban J connectivity index is 2.39. The van der Waals surface area contributed by atoms with E-state index in [1.54, 1.807) is 0 Å². The van der Waals surface area contributed by atoms with E-state index >= 15 is 0 Å². The van der Waals surface area contributed by atoms with Crippen molar-refractivity contribution in [3.63, 3.8) is 0 Å². The largest absolute Gasteiger partial charge is 0.399 e. The molecule has 2 rings (SSSR count). The lowest BCUT2D eigenvalue weighted by atomic mass is 9.90. The van der Waals surface area contributed by atoms with Crippen LogP contribution in [0, 0.1) is 6.92 Å². The molecule has 0 fully saturated rings. The van der Waals surface area contributed by atoms with Crippen molar-refractivity contribution >= 4 is 5.69 Å². The van der Waals surface area contributed by atoms with Gasteiger partial charge >= 0.3 is 0 Å². The highest BCUT2D eigenvalue weighted by Gasteiger charge is 2.12. The topological polar surface area (TPSA) is 52.0 Å². The van der Waals surface area contributed by atoms with Crippen LogP contribution in [0.5, 0.6) is 0 Å². The van der Waals surface area contributed by atoms with Crippen molar-refractivity contribution in [3.8, 4) is 0 Å². The SMILES string of the molecule is Cc1cc([C@H](CN)c2ccccc2)ccc1N. The molecule has 17 heavy (non-hydrogen) atoms. The van der Waals surface area contributed by atoms with Crippen LogP contribution in [0.3, 0.4) is 0 Å². The van der Waals surface area contributed by atoms with Crippen LogP contribution in [0.1, 0.15) is 22.6 Å². The minimum Gasteiger partial charge on any atom is -0.399 e. The van der Waals surface area contributed by atoms with Crippen LogP contribution in [0.15, 0.2) is 48.5 Å². The molecule has 2 aromatic rings. The van der Waals surface area contributed by atoms with Crippen LogP contribution < -0.4 is 11.5 Å². The Kier molecular flexibility index (Phi) is 3.45. The molecule has 0 aromatic heterocycles. The predicted octanol–water partition coefficient (Wildman–Crippen LogP) is 2.67. The first kappa shape index (κ1) is 11.7. The van der Waals surface area contributed by atoms with Gasteiger partial charge in [0.1, 0.15) is 0 Å². The van der Waals surface area contributed by atoms with Gasteiger partial charge < -0.3 is 11.5 Å².